The predicted octanol–water partition coefficient (Wildman–Crippen LogP) is 4.11. The van der Waals surface area contributed by atoms with Crippen molar-refractivity contribution in [2.45, 2.75) is 19.4 Å². The Labute approximate surface area is 149 Å². The quantitative estimate of drug-likeness (QED) is 0.722. The highest BCUT2D eigenvalue weighted by atomic mass is 35.5. The zero-order chi connectivity index (χ0) is 16.8. The van der Waals surface area contributed by atoms with Crippen LogP contribution in [-0.2, 0) is 17.8 Å². The van der Waals surface area contributed by atoms with Gasteiger partial charge >= 0.3 is 0 Å². The number of carbonyl (C=O) groups is 1. The molecule has 3 aromatic rings. The molecule has 0 atom stereocenters. The number of hydrogen-bond donors (Lipinski definition) is 1. The third kappa shape index (κ3) is 4.63. The van der Waals surface area contributed by atoms with Crippen LogP contribution in [0.15, 0.2) is 54.2 Å². The number of aryl methyl sites for hydroxylation is 1. The Hall–Kier alpha value is -2.24. The highest BCUT2D eigenvalue weighted by molar-refractivity contribution is 7.09. The highest BCUT2D eigenvalue weighted by Crippen LogP contribution is 2.21. The Morgan fingerprint density at radius 2 is 1.88 bits per heavy atom. The van der Waals surface area contributed by atoms with Crippen molar-refractivity contribution in [2.75, 3.05) is 0 Å². The predicted molar refractivity (Wildman–Crippen MR) is 97.0 cm³/mol. The number of pyridine rings is 1. The largest absolute Gasteiger partial charge is 0.352 e. The molecule has 1 aromatic carbocycles. The Morgan fingerprint density at radius 1 is 1.12 bits per heavy atom. The number of halogens is 1. The van der Waals surface area contributed by atoms with Crippen LogP contribution < -0.4 is 5.32 Å². The van der Waals surface area contributed by atoms with Crippen LogP contribution in [0.4, 0.5) is 0 Å². The van der Waals surface area contributed by atoms with E-state index in [4.69, 9.17) is 11.6 Å². The SMILES string of the molecule is O=C(CCc1nc(-c2ccncc2)cs1)NCc1ccc(Cl)cc1. The molecule has 2 aromatic heterocycles. The van der Waals surface area contributed by atoms with Gasteiger partial charge in [0.15, 0.2) is 0 Å². The van der Waals surface area contributed by atoms with Gasteiger partial charge in [-0.3, -0.25) is 9.78 Å². The number of hydrogen-bond acceptors (Lipinski definition) is 4. The normalized spacial score (nSPS) is 10.5. The summed E-state index contributed by atoms with van der Waals surface area (Å²) in [5.74, 6) is 0.0191. The van der Waals surface area contributed by atoms with Crippen LogP contribution in [0.2, 0.25) is 5.02 Å². The molecule has 24 heavy (non-hydrogen) atoms. The molecule has 0 radical (unpaired) electrons. The maximum atomic E-state index is 12.0. The van der Waals surface area contributed by atoms with Gasteiger partial charge in [-0.2, -0.15) is 0 Å². The van der Waals surface area contributed by atoms with Crippen molar-refractivity contribution in [2.24, 2.45) is 0 Å². The lowest BCUT2D eigenvalue weighted by molar-refractivity contribution is -0.121. The number of aromatic nitrogens is 2. The number of rotatable bonds is 6. The Kier molecular flexibility index (Phi) is 5.56. The van der Waals surface area contributed by atoms with E-state index in [0.29, 0.717) is 24.4 Å². The lowest BCUT2D eigenvalue weighted by Gasteiger charge is -2.04. The van der Waals surface area contributed by atoms with E-state index in [-0.39, 0.29) is 5.91 Å². The van der Waals surface area contributed by atoms with Crippen LogP contribution in [0.25, 0.3) is 11.3 Å². The molecular formula is C18H16ClN3OS. The van der Waals surface area contributed by atoms with Gasteiger partial charge in [-0.15, -0.1) is 11.3 Å². The lowest BCUT2D eigenvalue weighted by atomic mass is 10.2. The summed E-state index contributed by atoms with van der Waals surface area (Å²) in [6.45, 7) is 0.510. The second-order valence-electron chi connectivity index (χ2n) is 5.27. The van der Waals surface area contributed by atoms with Gasteiger partial charge in [0.25, 0.3) is 0 Å². The fraction of sp³-hybridized carbons (Fsp3) is 0.167. The molecule has 1 amide bonds. The molecule has 0 aliphatic heterocycles. The van der Waals surface area contributed by atoms with Crippen LogP contribution in [0.1, 0.15) is 17.0 Å². The van der Waals surface area contributed by atoms with Crippen LogP contribution in [0.3, 0.4) is 0 Å². The second kappa shape index (κ2) is 8.04. The molecule has 0 fully saturated rings. The molecule has 0 aliphatic carbocycles. The fourth-order valence-corrected chi connectivity index (χ4v) is 3.13. The van der Waals surface area contributed by atoms with E-state index in [9.17, 15) is 4.79 Å². The summed E-state index contributed by atoms with van der Waals surface area (Å²) in [4.78, 5) is 20.5. The summed E-state index contributed by atoms with van der Waals surface area (Å²) >= 11 is 7.42. The molecule has 0 aliphatic rings. The van der Waals surface area contributed by atoms with E-state index >= 15 is 0 Å². The minimum Gasteiger partial charge on any atom is -0.352 e. The van der Waals surface area contributed by atoms with E-state index in [1.807, 2.05) is 41.8 Å². The summed E-state index contributed by atoms with van der Waals surface area (Å²) in [5.41, 5.74) is 3.00. The molecule has 0 spiro atoms. The van der Waals surface area contributed by atoms with Crippen molar-refractivity contribution < 1.29 is 4.79 Å². The van der Waals surface area contributed by atoms with Crippen LogP contribution >= 0.6 is 22.9 Å². The third-order valence-corrected chi connectivity index (χ3v) is 4.66. The first-order valence-corrected chi connectivity index (χ1v) is 8.82. The molecule has 4 nitrogen and oxygen atoms in total. The molecule has 3 rings (SSSR count). The van der Waals surface area contributed by atoms with Gasteiger partial charge in [0.1, 0.15) is 0 Å². The van der Waals surface area contributed by atoms with E-state index in [1.54, 1.807) is 23.7 Å². The van der Waals surface area contributed by atoms with E-state index in [0.717, 1.165) is 21.8 Å². The third-order valence-electron chi connectivity index (χ3n) is 3.50. The van der Waals surface area contributed by atoms with Gasteiger partial charge < -0.3 is 5.32 Å². The second-order valence-corrected chi connectivity index (χ2v) is 6.64. The molecule has 1 N–H and O–H groups in total. The molecule has 122 valence electrons. The minimum absolute atomic E-state index is 0.0191. The summed E-state index contributed by atoms with van der Waals surface area (Å²) < 4.78 is 0. The zero-order valence-corrected chi connectivity index (χ0v) is 14.5. The Morgan fingerprint density at radius 3 is 2.62 bits per heavy atom. The lowest BCUT2D eigenvalue weighted by Crippen LogP contribution is -2.22. The minimum atomic E-state index is 0.0191. The van der Waals surface area contributed by atoms with Crippen molar-refractivity contribution in [1.29, 1.82) is 0 Å². The van der Waals surface area contributed by atoms with Gasteiger partial charge in [-0.1, -0.05) is 23.7 Å². The summed E-state index contributed by atoms with van der Waals surface area (Å²) in [6.07, 6.45) is 4.57. The van der Waals surface area contributed by atoms with Gasteiger partial charge in [0.05, 0.1) is 10.7 Å². The van der Waals surface area contributed by atoms with Crippen molar-refractivity contribution in [3.63, 3.8) is 0 Å². The van der Waals surface area contributed by atoms with E-state index < -0.39 is 0 Å². The molecule has 0 unspecified atom stereocenters. The highest BCUT2D eigenvalue weighted by Gasteiger charge is 2.07. The molecular weight excluding hydrogens is 342 g/mol. The van der Waals surface area contributed by atoms with Gasteiger partial charge in [0.2, 0.25) is 5.91 Å². The van der Waals surface area contributed by atoms with Crippen molar-refractivity contribution >= 4 is 28.8 Å². The number of nitrogens with one attached hydrogen (secondary N) is 1. The van der Waals surface area contributed by atoms with Gasteiger partial charge in [-0.05, 0) is 29.8 Å². The van der Waals surface area contributed by atoms with E-state index in [1.165, 1.54) is 0 Å². The van der Waals surface area contributed by atoms with Crippen LogP contribution in [-0.4, -0.2) is 15.9 Å². The first-order chi connectivity index (χ1) is 11.7. The molecule has 0 bridgehead atoms. The topological polar surface area (TPSA) is 54.9 Å². The number of benzene rings is 1. The van der Waals surface area contributed by atoms with Crippen molar-refractivity contribution in [1.82, 2.24) is 15.3 Å². The molecule has 2 heterocycles. The summed E-state index contributed by atoms with van der Waals surface area (Å²) in [5, 5.41) is 6.58. The monoisotopic (exact) mass is 357 g/mol. The standard InChI is InChI=1S/C18H16ClN3OS/c19-15-3-1-13(2-4-15)11-21-17(23)5-6-18-22-16(12-24-18)14-7-9-20-10-8-14/h1-4,7-10,12H,5-6,11H2,(H,21,23). The smallest absolute Gasteiger partial charge is 0.220 e. The van der Waals surface area contributed by atoms with Crippen LogP contribution in [0.5, 0.6) is 0 Å². The average Bonchev–Trinajstić information content (AvgIpc) is 3.09. The maximum Gasteiger partial charge on any atom is 0.220 e. The van der Waals surface area contributed by atoms with Crippen LogP contribution in [0, 0.1) is 0 Å². The average molecular weight is 358 g/mol. The number of carbonyl (C=O) groups excluding carboxylic acids is 1. The summed E-state index contributed by atoms with van der Waals surface area (Å²) in [6, 6.07) is 11.3. The number of thiazole rings is 1. The van der Waals surface area contributed by atoms with Gasteiger partial charge in [-0.25, -0.2) is 4.98 Å². The Bertz CT molecular complexity index is 803. The first-order valence-electron chi connectivity index (χ1n) is 7.56. The summed E-state index contributed by atoms with van der Waals surface area (Å²) in [7, 11) is 0. The fourth-order valence-electron chi connectivity index (χ4n) is 2.19. The van der Waals surface area contributed by atoms with Gasteiger partial charge in [0, 0.05) is 47.7 Å². The molecule has 0 saturated heterocycles. The Balaban J connectivity index is 1.48. The first kappa shape index (κ1) is 16.6. The number of amides is 1. The molecule has 6 heteroatoms. The molecule has 0 saturated carbocycles. The number of nitrogens with zero attached hydrogens (tertiary/aromatic N) is 2. The van der Waals surface area contributed by atoms with Crippen molar-refractivity contribution in [3.05, 3.63) is 69.8 Å². The maximum absolute atomic E-state index is 12.0. The zero-order valence-electron chi connectivity index (χ0n) is 12.9. The van der Waals surface area contributed by atoms with Crippen molar-refractivity contribution in [3.8, 4) is 11.3 Å². The van der Waals surface area contributed by atoms with E-state index in [2.05, 4.69) is 15.3 Å².